The van der Waals surface area contributed by atoms with E-state index < -0.39 is 0 Å². The van der Waals surface area contributed by atoms with Crippen LogP contribution >= 0.6 is 46.2 Å². The third-order valence-electron chi connectivity index (χ3n) is 12.4. The van der Waals surface area contributed by atoms with Gasteiger partial charge in [-0.2, -0.15) is 0 Å². The van der Waals surface area contributed by atoms with Crippen LogP contribution in [0.25, 0.3) is 42.7 Å². The number of benzene rings is 6. The van der Waals surface area contributed by atoms with E-state index in [0.29, 0.717) is 39.7 Å². The van der Waals surface area contributed by atoms with Crippen molar-refractivity contribution < 1.29 is 9.59 Å². The van der Waals surface area contributed by atoms with Crippen molar-refractivity contribution in [1.29, 1.82) is 0 Å². The Morgan fingerprint density at radius 3 is 1.71 bits per heavy atom. The number of anilines is 2. The van der Waals surface area contributed by atoms with Crippen LogP contribution in [-0.2, 0) is 19.5 Å². The van der Waals surface area contributed by atoms with Crippen molar-refractivity contribution in [3.8, 4) is 0 Å². The van der Waals surface area contributed by atoms with Crippen molar-refractivity contribution in [3.05, 3.63) is 183 Å². The number of nitrogens with zero attached hydrogens (tertiary/aromatic N) is 4. The van der Waals surface area contributed by atoms with Crippen LogP contribution in [0.2, 0.25) is 0 Å². The summed E-state index contributed by atoms with van der Waals surface area (Å²) in [4.78, 5) is 59.8. The van der Waals surface area contributed by atoms with Crippen molar-refractivity contribution in [2.75, 3.05) is 23.9 Å². The van der Waals surface area contributed by atoms with Crippen molar-refractivity contribution in [2.45, 2.75) is 57.0 Å². The Hall–Kier alpha value is -6.18. The number of fused-ring (bicyclic) bond motifs is 7. The topological polar surface area (TPSA) is 84.6 Å². The lowest BCUT2D eigenvalue weighted by Gasteiger charge is -2.12. The summed E-state index contributed by atoms with van der Waals surface area (Å²) in [5.74, 6) is -0.000908. The maximum atomic E-state index is 13.5. The van der Waals surface area contributed by atoms with E-state index in [-0.39, 0.29) is 22.7 Å². The Morgan fingerprint density at radius 1 is 0.615 bits per heavy atom. The van der Waals surface area contributed by atoms with Crippen LogP contribution in [0.3, 0.4) is 0 Å². The Bertz CT molecular complexity index is 3710. The molecule has 4 heterocycles. The molecule has 0 fully saturated rings. The summed E-state index contributed by atoms with van der Waals surface area (Å²) >= 11 is 6.15. The minimum Gasteiger partial charge on any atom is -0.337 e. The first kappa shape index (κ1) is 42.8. The zero-order valence-electron chi connectivity index (χ0n) is 36.7. The molecule has 3 aliphatic rings. The van der Waals surface area contributed by atoms with Crippen molar-refractivity contribution >= 4 is 112 Å². The molecule has 65 heavy (non-hydrogen) atoms. The minimum absolute atomic E-state index is 0.0183. The highest BCUT2D eigenvalue weighted by molar-refractivity contribution is 8.09. The Kier molecular flexibility index (Phi) is 11.2. The molecule has 0 radical (unpaired) electrons. The summed E-state index contributed by atoms with van der Waals surface area (Å²) in [7, 11) is 4.02. The monoisotopic (exact) mass is 928 g/mol. The van der Waals surface area contributed by atoms with Crippen molar-refractivity contribution in [3.63, 3.8) is 0 Å². The van der Waals surface area contributed by atoms with Crippen LogP contribution in [0.1, 0.15) is 52.6 Å². The number of thioether (sulfide) groups is 2. The first-order valence-electron chi connectivity index (χ1n) is 21.5. The molecule has 6 aromatic carbocycles. The fourth-order valence-electron chi connectivity index (χ4n) is 8.84. The van der Waals surface area contributed by atoms with Gasteiger partial charge in [0.15, 0.2) is 11.6 Å². The number of hydrogen-bond acceptors (Lipinski definition) is 10. The lowest BCUT2D eigenvalue weighted by Crippen LogP contribution is -2.34. The molecule has 0 amide bonds. The molecule has 2 aliphatic heterocycles. The predicted molar refractivity (Wildman–Crippen MR) is 273 cm³/mol. The molecule has 0 spiro atoms. The lowest BCUT2D eigenvalue weighted by atomic mass is 10.0. The molecule has 0 saturated carbocycles. The Balaban J connectivity index is 0.000000153. The summed E-state index contributed by atoms with van der Waals surface area (Å²) in [5.41, 5.74) is 7.03. The van der Waals surface area contributed by atoms with Gasteiger partial charge in [0.2, 0.25) is 0 Å². The Labute approximate surface area is 391 Å². The predicted octanol–water partition coefficient (Wildman–Crippen LogP) is 8.73. The van der Waals surface area contributed by atoms with Gasteiger partial charge in [-0.05, 0) is 66.9 Å². The normalized spacial score (nSPS) is 17.0. The first-order chi connectivity index (χ1) is 31.5. The van der Waals surface area contributed by atoms with Crippen LogP contribution in [0.15, 0.2) is 141 Å². The molecule has 1 aliphatic carbocycles. The smallest absolute Gasteiger partial charge is 0.271 e. The maximum absolute atomic E-state index is 13.5. The van der Waals surface area contributed by atoms with E-state index >= 15 is 0 Å². The number of hydrogen-bond donors (Lipinski definition) is 0. The second-order valence-corrected chi connectivity index (χ2v) is 20.2. The van der Waals surface area contributed by atoms with Gasteiger partial charge in [0.25, 0.3) is 11.1 Å². The molecule has 0 saturated heterocycles. The Morgan fingerprint density at radius 2 is 1.14 bits per heavy atom. The second-order valence-electron chi connectivity index (χ2n) is 16.2. The van der Waals surface area contributed by atoms with Crippen LogP contribution < -0.4 is 39.3 Å². The molecule has 324 valence electrons. The molecule has 0 unspecified atom stereocenters. The average molecular weight is 929 g/mol. The highest BCUT2D eigenvalue weighted by atomic mass is 32.2. The van der Waals surface area contributed by atoms with Gasteiger partial charge >= 0.3 is 0 Å². The van der Waals surface area contributed by atoms with E-state index in [1.165, 1.54) is 54.0 Å². The summed E-state index contributed by atoms with van der Waals surface area (Å²) in [6.45, 7) is 8.79. The summed E-state index contributed by atoms with van der Waals surface area (Å²) in [6.07, 6.45) is 0.581. The molecule has 8 nitrogen and oxygen atoms in total. The number of thiazole rings is 2. The minimum atomic E-state index is -0.0447. The van der Waals surface area contributed by atoms with Gasteiger partial charge in [-0.15, -0.1) is 22.7 Å². The average Bonchev–Trinajstić information content (AvgIpc) is 4.13. The highest BCUT2D eigenvalue weighted by Crippen LogP contribution is 2.50. The number of rotatable bonds is 4. The standard InChI is InChI=1S/C27H24N2O2S2.C26H20N2O2S2/c1-5-29-25(31)24(33-26(29)17(3)22(30)19-12-10-16(2)11-13-19)27-28(4)21-15-14-18-8-6-7-9-20(18)23(21)32-27;1-3-28-24(30)23(32-25(28)19-14-16-9-5-6-10-17(16)21(19)29)26-27(2)20-13-12-15-8-4-7-11-18(15)22(20)31-26/h6-15H,5H2,1-4H3;4-13H,3,14H2,1-2H3/b26-17+,27-24-;25-19+,26-23-. The number of ketones is 2. The zero-order valence-corrected chi connectivity index (χ0v) is 40.0. The second kappa shape index (κ2) is 17.0. The molecule has 0 bridgehead atoms. The summed E-state index contributed by atoms with van der Waals surface area (Å²) in [6, 6.07) is 40.5. The molecule has 12 heteroatoms. The van der Waals surface area contributed by atoms with E-state index in [4.69, 9.17) is 0 Å². The number of carbonyl (C=O) groups excluding carboxylic acids is 2. The van der Waals surface area contributed by atoms with E-state index in [0.717, 1.165) is 53.0 Å². The number of Topliss-reactive ketones (excluding diaryl/α,β-unsaturated/α-hetero) is 2. The lowest BCUT2D eigenvalue weighted by molar-refractivity contribution is 0.104. The molecule has 0 atom stereocenters. The van der Waals surface area contributed by atoms with Gasteiger partial charge in [0, 0.05) is 65.7 Å². The molecular formula is C53H44N4O4S4. The van der Waals surface area contributed by atoms with Crippen LogP contribution in [-0.4, -0.2) is 34.8 Å². The third kappa shape index (κ3) is 7.14. The number of aromatic nitrogens is 2. The highest BCUT2D eigenvalue weighted by Gasteiger charge is 2.30. The molecule has 2 aromatic heterocycles. The van der Waals surface area contributed by atoms with Crippen LogP contribution in [0.4, 0.5) is 11.4 Å². The van der Waals surface area contributed by atoms with E-state index in [1.807, 2.05) is 109 Å². The third-order valence-corrected chi connectivity index (χ3v) is 17.8. The van der Waals surface area contributed by atoms with Gasteiger partial charge in [-0.1, -0.05) is 138 Å². The van der Waals surface area contributed by atoms with Crippen molar-refractivity contribution in [2.24, 2.45) is 0 Å². The van der Waals surface area contributed by atoms with E-state index in [1.54, 1.807) is 32.7 Å². The van der Waals surface area contributed by atoms with Gasteiger partial charge < -0.3 is 9.80 Å². The van der Waals surface area contributed by atoms with E-state index in [2.05, 4.69) is 64.4 Å². The fourth-order valence-corrected chi connectivity index (χ4v) is 14.2. The molecular weight excluding hydrogens is 885 g/mol. The summed E-state index contributed by atoms with van der Waals surface area (Å²) in [5, 5.41) is 6.61. The number of aryl methyl sites for hydroxylation is 1. The quantitative estimate of drug-likeness (QED) is 0.162. The van der Waals surface area contributed by atoms with Crippen LogP contribution in [0, 0.1) is 6.92 Å². The van der Waals surface area contributed by atoms with Gasteiger partial charge in [-0.3, -0.25) is 28.3 Å². The van der Waals surface area contributed by atoms with Gasteiger partial charge in [-0.25, -0.2) is 0 Å². The molecule has 11 rings (SSSR count). The van der Waals surface area contributed by atoms with Gasteiger partial charge in [0.1, 0.15) is 28.4 Å². The maximum Gasteiger partial charge on any atom is 0.271 e. The molecule has 8 aromatic rings. The largest absolute Gasteiger partial charge is 0.337 e. The fraction of sp³-hybridized carbons (Fsp3) is 0.170. The molecule has 0 N–H and O–H groups in total. The number of carbonyl (C=O) groups is 2. The SMILES string of the molecule is CCn1c(=O)/c(=C2/Sc3c(ccc4ccccc34)N2C)s/c1=C(\C)C(=O)c1ccc(C)cc1.CCn1c(=O)/c(=C2/Sc3c(ccc4ccccc34)N2C)s/c1=C1\Cc2ccccc2C1=O. The zero-order chi connectivity index (χ0) is 45.3. The van der Waals surface area contributed by atoms with Gasteiger partial charge in [0.05, 0.1) is 11.4 Å². The summed E-state index contributed by atoms with van der Waals surface area (Å²) < 4.78 is 6.38. The first-order valence-corrected chi connectivity index (χ1v) is 24.8. The van der Waals surface area contributed by atoms with Crippen molar-refractivity contribution in [1.82, 2.24) is 9.13 Å². The van der Waals surface area contributed by atoms with Crippen LogP contribution in [0.5, 0.6) is 0 Å². The van der Waals surface area contributed by atoms with E-state index in [9.17, 15) is 19.2 Å².